The third-order valence-corrected chi connectivity index (χ3v) is 1.75. The van der Waals surface area contributed by atoms with Crippen LogP contribution in [0.25, 0.3) is 0 Å². The Labute approximate surface area is 60.0 Å². The minimum absolute atomic E-state index is 0.0246. The number of carbonyl (C=O) groups is 1. The Bertz CT molecular complexity index is 133. The van der Waals surface area contributed by atoms with Gasteiger partial charge in [0, 0.05) is 13.0 Å². The Morgan fingerprint density at radius 1 is 1.80 bits per heavy atom. The van der Waals surface area contributed by atoms with Crippen LogP contribution < -0.4 is 0 Å². The van der Waals surface area contributed by atoms with Gasteiger partial charge < -0.3 is 9.84 Å². The number of rotatable bonds is 2. The molecule has 0 aromatic rings. The lowest BCUT2D eigenvalue weighted by molar-refractivity contribution is -0.144. The molecule has 1 fully saturated rings. The zero-order chi connectivity index (χ0) is 7.56. The van der Waals surface area contributed by atoms with Gasteiger partial charge in [-0.15, -0.1) is 0 Å². The van der Waals surface area contributed by atoms with E-state index < -0.39 is 0 Å². The molecule has 0 bridgehead atoms. The van der Waals surface area contributed by atoms with Crippen molar-refractivity contribution < 1.29 is 14.6 Å². The summed E-state index contributed by atoms with van der Waals surface area (Å²) in [4.78, 5) is 10.8. The predicted octanol–water partition coefficient (Wildman–Crippen LogP) is 0.320. The Hall–Kier alpha value is -0.570. The van der Waals surface area contributed by atoms with Crippen molar-refractivity contribution >= 4 is 5.97 Å². The quantitative estimate of drug-likeness (QED) is 0.568. The van der Waals surface area contributed by atoms with Gasteiger partial charge in [-0.3, -0.25) is 4.79 Å². The van der Waals surface area contributed by atoms with Gasteiger partial charge in [0.05, 0.1) is 5.92 Å². The summed E-state index contributed by atoms with van der Waals surface area (Å²) in [7, 11) is 0. The fraction of sp³-hybridized carbons (Fsp3) is 0.857. The first kappa shape index (κ1) is 7.54. The third kappa shape index (κ3) is 1.48. The summed E-state index contributed by atoms with van der Waals surface area (Å²) in [5, 5.41) is 8.51. The Kier molecular flexibility index (Phi) is 2.27. The van der Waals surface area contributed by atoms with E-state index in [0.29, 0.717) is 6.42 Å². The van der Waals surface area contributed by atoms with E-state index in [4.69, 9.17) is 9.84 Å². The molecule has 0 aromatic heterocycles. The van der Waals surface area contributed by atoms with Crippen LogP contribution in [0.3, 0.4) is 0 Å². The molecule has 1 heterocycles. The molecule has 10 heavy (non-hydrogen) atoms. The van der Waals surface area contributed by atoms with Crippen molar-refractivity contribution in [1.82, 2.24) is 0 Å². The molecule has 3 nitrogen and oxygen atoms in total. The number of hydrogen-bond donors (Lipinski definition) is 1. The van der Waals surface area contributed by atoms with Crippen molar-refractivity contribution in [2.45, 2.75) is 25.9 Å². The molecule has 0 saturated carbocycles. The van der Waals surface area contributed by atoms with Crippen LogP contribution in [-0.4, -0.2) is 23.8 Å². The van der Waals surface area contributed by atoms with Crippen LogP contribution in [0.5, 0.6) is 0 Å². The second-order valence-corrected chi connectivity index (χ2v) is 2.71. The molecular weight excluding hydrogens is 132 g/mol. The van der Waals surface area contributed by atoms with E-state index in [-0.39, 0.29) is 24.6 Å². The molecule has 0 aromatic carbocycles. The number of aliphatic hydroxyl groups is 1. The van der Waals surface area contributed by atoms with Crippen molar-refractivity contribution in [3.8, 4) is 0 Å². The largest absolute Gasteiger partial charge is 0.462 e. The first-order valence-corrected chi connectivity index (χ1v) is 3.55. The fourth-order valence-corrected chi connectivity index (χ4v) is 1.14. The van der Waals surface area contributed by atoms with E-state index >= 15 is 0 Å². The third-order valence-electron chi connectivity index (χ3n) is 1.75. The van der Waals surface area contributed by atoms with Gasteiger partial charge in [0.25, 0.3) is 0 Å². The van der Waals surface area contributed by atoms with E-state index in [1.165, 1.54) is 0 Å². The van der Waals surface area contributed by atoms with E-state index in [1.54, 1.807) is 0 Å². The van der Waals surface area contributed by atoms with E-state index in [0.717, 1.165) is 6.42 Å². The zero-order valence-electron chi connectivity index (χ0n) is 6.04. The number of carbonyl (C=O) groups excluding carboxylic acids is 1. The fourth-order valence-electron chi connectivity index (χ4n) is 1.14. The smallest absolute Gasteiger partial charge is 0.309 e. The van der Waals surface area contributed by atoms with Gasteiger partial charge >= 0.3 is 5.97 Å². The molecule has 1 saturated heterocycles. The molecule has 58 valence electrons. The zero-order valence-corrected chi connectivity index (χ0v) is 6.04. The topological polar surface area (TPSA) is 46.5 Å². The molecule has 0 spiro atoms. The normalized spacial score (nSPS) is 32.4. The summed E-state index contributed by atoms with van der Waals surface area (Å²) in [5.74, 6) is -0.102. The maximum absolute atomic E-state index is 10.8. The molecule has 1 unspecified atom stereocenters. The minimum atomic E-state index is -0.126. The van der Waals surface area contributed by atoms with Crippen molar-refractivity contribution in [1.29, 1.82) is 0 Å². The number of hydrogen-bond acceptors (Lipinski definition) is 3. The van der Waals surface area contributed by atoms with Crippen molar-refractivity contribution in [3.05, 3.63) is 0 Å². The molecule has 0 amide bonds. The summed E-state index contributed by atoms with van der Waals surface area (Å²) in [6.45, 7) is 1.95. The van der Waals surface area contributed by atoms with Crippen LogP contribution in [0.2, 0.25) is 0 Å². The van der Waals surface area contributed by atoms with Crippen LogP contribution in [0.1, 0.15) is 19.8 Å². The molecule has 1 rings (SSSR count). The van der Waals surface area contributed by atoms with Gasteiger partial charge in [-0.25, -0.2) is 0 Å². The second kappa shape index (κ2) is 3.01. The summed E-state index contributed by atoms with van der Waals surface area (Å²) >= 11 is 0. The van der Waals surface area contributed by atoms with Crippen LogP contribution in [0, 0.1) is 5.92 Å². The number of ether oxygens (including phenoxy) is 1. The molecule has 0 aliphatic carbocycles. The first-order chi connectivity index (χ1) is 4.74. The van der Waals surface area contributed by atoms with Gasteiger partial charge in [-0.1, -0.05) is 6.92 Å². The minimum Gasteiger partial charge on any atom is -0.462 e. The highest BCUT2D eigenvalue weighted by atomic mass is 16.6. The highest BCUT2D eigenvalue weighted by molar-refractivity contribution is 5.74. The first-order valence-electron chi connectivity index (χ1n) is 3.55. The summed E-state index contributed by atoms with van der Waals surface area (Å²) in [5.41, 5.74) is 0. The van der Waals surface area contributed by atoms with E-state index in [9.17, 15) is 4.79 Å². The van der Waals surface area contributed by atoms with Crippen molar-refractivity contribution in [3.63, 3.8) is 0 Å². The van der Waals surface area contributed by atoms with Crippen LogP contribution in [-0.2, 0) is 9.53 Å². The molecule has 3 heteroatoms. The van der Waals surface area contributed by atoms with Crippen molar-refractivity contribution in [2.24, 2.45) is 5.92 Å². The van der Waals surface area contributed by atoms with Gasteiger partial charge in [0.2, 0.25) is 0 Å². The summed E-state index contributed by atoms with van der Waals surface area (Å²) < 4.78 is 4.92. The Balaban J connectivity index is 2.34. The van der Waals surface area contributed by atoms with Gasteiger partial charge in [0.15, 0.2) is 0 Å². The van der Waals surface area contributed by atoms with E-state index in [1.807, 2.05) is 6.92 Å². The number of esters is 1. The number of cyclic esters (lactones) is 1. The Morgan fingerprint density at radius 3 is 2.90 bits per heavy atom. The molecule has 2 atom stereocenters. The van der Waals surface area contributed by atoms with Crippen LogP contribution >= 0.6 is 0 Å². The van der Waals surface area contributed by atoms with Gasteiger partial charge in [0.1, 0.15) is 6.10 Å². The average molecular weight is 144 g/mol. The highest BCUT2D eigenvalue weighted by Gasteiger charge is 2.29. The summed E-state index contributed by atoms with van der Waals surface area (Å²) in [6, 6.07) is 0. The van der Waals surface area contributed by atoms with Gasteiger partial charge in [-0.2, -0.15) is 0 Å². The average Bonchev–Trinajstić information content (AvgIpc) is 2.14. The van der Waals surface area contributed by atoms with Gasteiger partial charge in [-0.05, 0) is 6.42 Å². The molecule has 0 radical (unpaired) electrons. The number of aliphatic hydroxyl groups excluding tert-OH is 1. The Morgan fingerprint density at radius 2 is 2.50 bits per heavy atom. The molecule has 1 aliphatic heterocycles. The molecule has 1 aliphatic rings. The monoisotopic (exact) mass is 144 g/mol. The lowest BCUT2D eigenvalue weighted by atomic mass is 10.1. The van der Waals surface area contributed by atoms with Crippen LogP contribution in [0.15, 0.2) is 0 Å². The lowest BCUT2D eigenvalue weighted by Gasteiger charge is -2.04. The van der Waals surface area contributed by atoms with Crippen molar-refractivity contribution in [2.75, 3.05) is 6.61 Å². The maximum Gasteiger partial charge on any atom is 0.309 e. The second-order valence-electron chi connectivity index (χ2n) is 2.71. The van der Waals surface area contributed by atoms with E-state index in [2.05, 4.69) is 0 Å². The lowest BCUT2D eigenvalue weighted by Crippen LogP contribution is -2.08. The molecular formula is C7H12O3. The highest BCUT2D eigenvalue weighted by Crippen LogP contribution is 2.21. The SMILES string of the molecule is CC1C[C@@H](CCO)OC1=O. The maximum atomic E-state index is 10.8. The molecule has 1 N–H and O–H groups in total. The summed E-state index contributed by atoms with van der Waals surface area (Å²) in [6.07, 6.45) is 1.31. The predicted molar refractivity (Wildman–Crippen MR) is 35.4 cm³/mol. The standard InChI is InChI=1S/C7H12O3/c1-5-4-6(2-3-8)10-7(5)9/h5-6,8H,2-4H2,1H3/t5?,6-/m1/s1. The van der Waals surface area contributed by atoms with Crippen LogP contribution in [0.4, 0.5) is 0 Å².